The molecule has 1 aromatic rings. The normalized spacial score (nSPS) is 19.6. The van der Waals surface area contributed by atoms with Gasteiger partial charge in [-0.25, -0.2) is 4.68 Å². The predicted molar refractivity (Wildman–Crippen MR) is 57.4 cm³/mol. The monoisotopic (exact) mass is 238 g/mol. The van der Waals surface area contributed by atoms with Crippen LogP contribution in [0.5, 0.6) is 0 Å². The first-order chi connectivity index (χ1) is 8.08. The molecular weight excluding hydrogens is 224 g/mol. The van der Waals surface area contributed by atoms with Crippen molar-refractivity contribution in [3.63, 3.8) is 0 Å². The van der Waals surface area contributed by atoms with Crippen LogP contribution in [0, 0.1) is 0 Å². The minimum Gasteiger partial charge on any atom is -0.480 e. The molecule has 17 heavy (non-hydrogen) atoms. The summed E-state index contributed by atoms with van der Waals surface area (Å²) >= 11 is 0. The van der Waals surface area contributed by atoms with Crippen molar-refractivity contribution in [1.82, 2.24) is 19.9 Å². The van der Waals surface area contributed by atoms with E-state index in [1.54, 1.807) is 4.90 Å². The largest absolute Gasteiger partial charge is 0.480 e. The van der Waals surface area contributed by atoms with E-state index in [1.807, 2.05) is 6.92 Å². The maximum Gasteiger partial charge on any atom is 0.325 e. The summed E-state index contributed by atoms with van der Waals surface area (Å²) in [5, 5.41) is 15.9. The Bertz CT molecular complexity index is 443. The van der Waals surface area contributed by atoms with Crippen molar-refractivity contribution in [1.29, 1.82) is 0 Å². The van der Waals surface area contributed by atoms with Crippen molar-refractivity contribution < 1.29 is 14.7 Å². The van der Waals surface area contributed by atoms with Gasteiger partial charge in [0, 0.05) is 12.6 Å². The van der Waals surface area contributed by atoms with Gasteiger partial charge in [0.1, 0.15) is 6.54 Å². The maximum atomic E-state index is 12.0. The van der Waals surface area contributed by atoms with Gasteiger partial charge in [-0.2, -0.15) is 0 Å². The van der Waals surface area contributed by atoms with E-state index >= 15 is 0 Å². The van der Waals surface area contributed by atoms with Crippen LogP contribution in [0.3, 0.4) is 0 Å². The van der Waals surface area contributed by atoms with Gasteiger partial charge in [-0.05, 0) is 19.8 Å². The van der Waals surface area contributed by atoms with E-state index in [2.05, 4.69) is 10.3 Å². The highest BCUT2D eigenvalue weighted by molar-refractivity contribution is 5.92. The first-order valence-electron chi connectivity index (χ1n) is 5.51. The van der Waals surface area contributed by atoms with Gasteiger partial charge in [0.2, 0.25) is 0 Å². The van der Waals surface area contributed by atoms with E-state index in [1.165, 1.54) is 6.20 Å². The zero-order valence-electron chi connectivity index (χ0n) is 9.54. The summed E-state index contributed by atoms with van der Waals surface area (Å²) in [6.07, 6.45) is 3.37. The molecule has 1 aromatic heterocycles. The highest BCUT2D eigenvalue weighted by atomic mass is 16.4. The van der Waals surface area contributed by atoms with Crippen molar-refractivity contribution in [2.24, 2.45) is 0 Å². The molecule has 1 atom stereocenters. The van der Waals surface area contributed by atoms with Crippen LogP contribution in [-0.2, 0) is 11.3 Å². The molecule has 1 amide bonds. The van der Waals surface area contributed by atoms with Crippen LogP contribution in [0.15, 0.2) is 6.20 Å². The van der Waals surface area contributed by atoms with Gasteiger partial charge in [-0.3, -0.25) is 9.59 Å². The molecule has 92 valence electrons. The van der Waals surface area contributed by atoms with Crippen molar-refractivity contribution >= 4 is 11.9 Å². The van der Waals surface area contributed by atoms with Crippen LogP contribution in [-0.4, -0.2) is 49.5 Å². The smallest absolute Gasteiger partial charge is 0.325 e. The summed E-state index contributed by atoms with van der Waals surface area (Å²) in [4.78, 5) is 24.2. The molecule has 0 aliphatic carbocycles. The number of likely N-dealkylation sites (tertiary alicyclic amines) is 1. The number of carbonyl (C=O) groups excluding carboxylic acids is 1. The Kier molecular flexibility index (Phi) is 3.08. The third kappa shape index (κ3) is 2.43. The highest BCUT2D eigenvalue weighted by Gasteiger charge is 2.27. The zero-order chi connectivity index (χ0) is 12.4. The van der Waals surface area contributed by atoms with Crippen molar-refractivity contribution in [2.75, 3.05) is 6.54 Å². The Labute approximate surface area is 98.0 Å². The van der Waals surface area contributed by atoms with Crippen molar-refractivity contribution in [3.8, 4) is 0 Å². The Morgan fingerprint density at radius 1 is 1.59 bits per heavy atom. The van der Waals surface area contributed by atoms with Gasteiger partial charge in [-0.15, -0.1) is 5.10 Å². The fourth-order valence-corrected chi connectivity index (χ4v) is 1.99. The number of hydrogen-bond donors (Lipinski definition) is 1. The average Bonchev–Trinajstić information content (AvgIpc) is 2.85. The van der Waals surface area contributed by atoms with Crippen LogP contribution < -0.4 is 0 Å². The summed E-state index contributed by atoms with van der Waals surface area (Å²) in [6.45, 7) is 2.44. The molecule has 1 fully saturated rings. The second-order valence-electron chi connectivity index (χ2n) is 4.18. The number of carboxylic acids is 1. The zero-order valence-corrected chi connectivity index (χ0v) is 9.54. The van der Waals surface area contributed by atoms with Crippen LogP contribution in [0.4, 0.5) is 0 Å². The molecule has 1 aliphatic rings. The summed E-state index contributed by atoms with van der Waals surface area (Å²) in [7, 11) is 0. The summed E-state index contributed by atoms with van der Waals surface area (Å²) in [5.74, 6) is -1.19. The van der Waals surface area contributed by atoms with E-state index in [0.29, 0.717) is 0 Å². The van der Waals surface area contributed by atoms with Gasteiger partial charge in [0.25, 0.3) is 5.91 Å². The van der Waals surface area contributed by atoms with Crippen LogP contribution in [0.1, 0.15) is 30.3 Å². The Morgan fingerprint density at radius 2 is 2.35 bits per heavy atom. The van der Waals surface area contributed by atoms with Crippen LogP contribution in [0.25, 0.3) is 0 Å². The van der Waals surface area contributed by atoms with E-state index in [9.17, 15) is 9.59 Å². The topological polar surface area (TPSA) is 88.3 Å². The van der Waals surface area contributed by atoms with Gasteiger partial charge < -0.3 is 10.0 Å². The first-order valence-corrected chi connectivity index (χ1v) is 5.51. The van der Waals surface area contributed by atoms with E-state index in [4.69, 9.17) is 5.11 Å². The second kappa shape index (κ2) is 4.52. The Balaban J connectivity index is 2.09. The van der Waals surface area contributed by atoms with E-state index in [-0.39, 0.29) is 24.2 Å². The number of aliphatic carboxylic acids is 1. The van der Waals surface area contributed by atoms with E-state index in [0.717, 1.165) is 24.1 Å². The molecule has 0 radical (unpaired) electrons. The minimum atomic E-state index is -1.01. The lowest BCUT2D eigenvalue weighted by Gasteiger charge is -2.19. The van der Waals surface area contributed by atoms with Gasteiger partial charge >= 0.3 is 5.97 Å². The van der Waals surface area contributed by atoms with Crippen LogP contribution >= 0.6 is 0 Å². The summed E-state index contributed by atoms with van der Waals surface area (Å²) in [6, 6.07) is 0.215. The molecule has 1 N–H and O–H groups in total. The maximum absolute atomic E-state index is 12.0. The fourth-order valence-electron chi connectivity index (χ4n) is 1.99. The van der Waals surface area contributed by atoms with Crippen LogP contribution in [0.2, 0.25) is 0 Å². The van der Waals surface area contributed by atoms with Gasteiger partial charge in [0.05, 0.1) is 6.20 Å². The molecule has 0 saturated carbocycles. The third-order valence-electron chi connectivity index (χ3n) is 2.87. The van der Waals surface area contributed by atoms with E-state index < -0.39 is 5.97 Å². The average molecular weight is 238 g/mol. The number of carboxylic acid groups (broad SMARTS) is 1. The lowest BCUT2D eigenvalue weighted by Crippen LogP contribution is -2.33. The lowest BCUT2D eigenvalue weighted by molar-refractivity contribution is -0.137. The molecule has 2 heterocycles. The number of rotatable bonds is 3. The first kappa shape index (κ1) is 11.6. The molecule has 0 spiro atoms. The number of nitrogens with zero attached hydrogens (tertiary/aromatic N) is 4. The van der Waals surface area contributed by atoms with Gasteiger partial charge in [0.15, 0.2) is 5.69 Å². The quantitative estimate of drug-likeness (QED) is 0.799. The predicted octanol–water partition coefficient (Wildman–Crippen LogP) is -0.0128. The minimum absolute atomic E-state index is 0.174. The molecule has 2 rings (SSSR count). The lowest BCUT2D eigenvalue weighted by atomic mass is 10.2. The van der Waals surface area contributed by atoms with Crippen molar-refractivity contribution in [3.05, 3.63) is 11.9 Å². The summed E-state index contributed by atoms with van der Waals surface area (Å²) in [5.41, 5.74) is 0.208. The standard InChI is InChI=1S/C10H14N4O3/c1-7-3-2-4-14(7)10(17)8-5-13(12-11-8)6-9(15)16/h5,7H,2-4,6H2,1H3,(H,15,16). The number of amides is 1. The highest BCUT2D eigenvalue weighted by Crippen LogP contribution is 2.18. The fraction of sp³-hybridized carbons (Fsp3) is 0.600. The number of aromatic nitrogens is 3. The number of hydrogen-bond acceptors (Lipinski definition) is 4. The third-order valence-corrected chi connectivity index (χ3v) is 2.87. The van der Waals surface area contributed by atoms with Crippen molar-refractivity contribution in [2.45, 2.75) is 32.4 Å². The second-order valence-corrected chi connectivity index (χ2v) is 4.18. The molecule has 0 bridgehead atoms. The molecule has 0 aromatic carbocycles. The SMILES string of the molecule is CC1CCCN1C(=O)c1cn(CC(=O)O)nn1. The molecule has 7 nitrogen and oxygen atoms in total. The molecule has 7 heteroatoms. The number of carbonyl (C=O) groups is 2. The van der Waals surface area contributed by atoms with Gasteiger partial charge in [-0.1, -0.05) is 5.21 Å². The molecular formula is C10H14N4O3. The molecule has 1 aliphatic heterocycles. The molecule has 1 saturated heterocycles. The Hall–Kier alpha value is -1.92. The summed E-state index contributed by atoms with van der Waals surface area (Å²) < 4.78 is 1.15. The Morgan fingerprint density at radius 3 is 2.94 bits per heavy atom. The molecule has 1 unspecified atom stereocenters.